The molecular formula is C20H19N7O3S2. The van der Waals surface area contributed by atoms with Crippen LogP contribution in [0, 0.1) is 20.8 Å². The topological polar surface area (TPSA) is 110 Å². The average Bonchev–Trinajstić information content (AvgIpc) is 3.43. The molecule has 0 radical (unpaired) electrons. The number of nitrogens with zero attached hydrogens (tertiary/aromatic N) is 7. The van der Waals surface area contributed by atoms with Gasteiger partial charge in [-0.3, -0.25) is 14.5 Å². The van der Waals surface area contributed by atoms with E-state index in [1.807, 2.05) is 32.9 Å². The van der Waals surface area contributed by atoms with Crippen LogP contribution in [0.3, 0.4) is 0 Å². The number of amides is 1. The van der Waals surface area contributed by atoms with E-state index in [-0.39, 0.29) is 18.9 Å². The second-order valence-electron chi connectivity index (χ2n) is 7.68. The summed E-state index contributed by atoms with van der Waals surface area (Å²) in [6, 6.07) is 3.90. The molecule has 5 heterocycles. The number of fused-ring (bicyclic) bond motifs is 6. The fourth-order valence-corrected chi connectivity index (χ4v) is 5.16. The molecule has 1 amide bonds. The van der Waals surface area contributed by atoms with Crippen LogP contribution in [-0.4, -0.2) is 61.6 Å². The molecule has 0 atom stereocenters. The van der Waals surface area contributed by atoms with Crippen LogP contribution in [0.15, 0.2) is 17.0 Å². The maximum Gasteiger partial charge on any atom is 0.303 e. The Balaban J connectivity index is 1.65. The number of carbonyl (C=O) groups is 2. The molecule has 1 aliphatic rings. The van der Waals surface area contributed by atoms with Crippen LogP contribution in [0.1, 0.15) is 35.5 Å². The molecule has 1 saturated heterocycles. The lowest BCUT2D eigenvalue weighted by Crippen LogP contribution is -2.29. The fraction of sp³-hybridized carbons (Fsp3) is 0.300. The van der Waals surface area contributed by atoms with Crippen molar-refractivity contribution in [2.24, 2.45) is 0 Å². The summed E-state index contributed by atoms with van der Waals surface area (Å²) >= 11 is 6.59. The van der Waals surface area contributed by atoms with Crippen molar-refractivity contribution in [2.75, 3.05) is 6.54 Å². The van der Waals surface area contributed by atoms with Crippen molar-refractivity contribution >= 4 is 63.2 Å². The number of hydrogen-bond acceptors (Lipinski definition) is 7. The molecular weight excluding hydrogens is 450 g/mol. The highest BCUT2D eigenvalue weighted by molar-refractivity contribution is 8.26. The highest BCUT2D eigenvalue weighted by Crippen LogP contribution is 2.34. The summed E-state index contributed by atoms with van der Waals surface area (Å²) in [5.41, 5.74) is 5.53. The van der Waals surface area contributed by atoms with E-state index in [4.69, 9.17) is 22.4 Å². The van der Waals surface area contributed by atoms with Crippen LogP contribution in [-0.2, 0) is 9.59 Å². The number of aromatic nitrogens is 6. The molecule has 4 aromatic rings. The van der Waals surface area contributed by atoms with E-state index in [2.05, 4.69) is 10.2 Å². The van der Waals surface area contributed by atoms with Gasteiger partial charge in [0, 0.05) is 30.7 Å². The van der Waals surface area contributed by atoms with Gasteiger partial charge in [-0.15, -0.1) is 0 Å². The summed E-state index contributed by atoms with van der Waals surface area (Å²) < 4.78 is 5.80. The Morgan fingerprint density at radius 3 is 2.38 bits per heavy atom. The zero-order chi connectivity index (χ0) is 22.7. The Labute approximate surface area is 191 Å². The third-order valence-electron chi connectivity index (χ3n) is 5.26. The van der Waals surface area contributed by atoms with Crippen LogP contribution in [0.25, 0.3) is 23.0 Å². The summed E-state index contributed by atoms with van der Waals surface area (Å²) in [4.78, 5) is 25.7. The first-order valence-electron chi connectivity index (χ1n) is 9.96. The van der Waals surface area contributed by atoms with Crippen molar-refractivity contribution in [3.05, 3.63) is 39.7 Å². The van der Waals surface area contributed by atoms with E-state index < -0.39 is 5.97 Å². The predicted octanol–water partition coefficient (Wildman–Crippen LogP) is 2.62. The minimum Gasteiger partial charge on any atom is -0.481 e. The Morgan fingerprint density at radius 2 is 1.72 bits per heavy atom. The van der Waals surface area contributed by atoms with Gasteiger partial charge in [-0.05, 0) is 33.3 Å². The molecule has 32 heavy (non-hydrogen) atoms. The standard InChI is InChI=1S/C20H19N7O3S2/c1-10-7-16-25(21-10)15-8-11(2)22-26(15)18-13(12(3)23-27(16)18)9-14-19(30)24(20(31)32-14)6-4-5-17(28)29/h7-9H,4-6H2,1-3H3,(H,28,29)/b14-9-. The average molecular weight is 470 g/mol. The Morgan fingerprint density at radius 1 is 1.09 bits per heavy atom. The number of aryl methyl sites for hydroxylation is 3. The molecule has 164 valence electrons. The summed E-state index contributed by atoms with van der Waals surface area (Å²) in [5.74, 6) is -1.12. The zero-order valence-corrected chi connectivity index (χ0v) is 19.2. The maximum atomic E-state index is 13.0. The quantitative estimate of drug-likeness (QED) is 0.351. The van der Waals surface area contributed by atoms with E-state index >= 15 is 0 Å². The Hall–Kier alpha value is -3.25. The molecule has 12 heteroatoms. The van der Waals surface area contributed by atoms with Crippen molar-refractivity contribution in [3.63, 3.8) is 0 Å². The van der Waals surface area contributed by atoms with Crippen LogP contribution in [0.5, 0.6) is 0 Å². The van der Waals surface area contributed by atoms with Crippen LogP contribution >= 0.6 is 24.0 Å². The van der Waals surface area contributed by atoms with E-state index in [0.29, 0.717) is 15.6 Å². The molecule has 0 aromatic carbocycles. The molecule has 10 nitrogen and oxygen atoms in total. The second-order valence-corrected chi connectivity index (χ2v) is 9.35. The summed E-state index contributed by atoms with van der Waals surface area (Å²) in [6.45, 7) is 6.00. The van der Waals surface area contributed by atoms with E-state index in [1.165, 1.54) is 16.7 Å². The predicted molar refractivity (Wildman–Crippen MR) is 124 cm³/mol. The van der Waals surface area contributed by atoms with E-state index in [1.54, 1.807) is 19.6 Å². The van der Waals surface area contributed by atoms with Gasteiger partial charge in [0.2, 0.25) is 0 Å². The number of carboxylic acid groups (broad SMARTS) is 1. The highest BCUT2D eigenvalue weighted by Gasteiger charge is 2.32. The number of thiocarbonyl (C=S) groups is 1. The molecule has 0 spiro atoms. The minimum absolute atomic E-state index is 0.0132. The highest BCUT2D eigenvalue weighted by atomic mass is 32.2. The van der Waals surface area contributed by atoms with Crippen LogP contribution < -0.4 is 0 Å². The fourth-order valence-electron chi connectivity index (χ4n) is 3.87. The van der Waals surface area contributed by atoms with Crippen LogP contribution in [0.4, 0.5) is 0 Å². The van der Waals surface area contributed by atoms with Crippen molar-refractivity contribution in [3.8, 4) is 0 Å². The van der Waals surface area contributed by atoms with Crippen molar-refractivity contribution in [1.29, 1.82) is 0 Å². The molecule has 1 N–H and O–H groups in total. The Bertz CT molecular complexity index is 1460. The van der Waals surface area contributed by atoms with Gasteiger partial charge in [0.1, 0.15) is 4.32 Å². The SMILES string of the molecule is Cc1cc2n(n1)c1cc(C)nn1c1c(/C=C3\SC(=S)N(CCCC(=O)O)C3=O)c(C)nn21. The van der Waals surface area contributed by atoms with Gasteiger partial charge in [0.25, 0.3) is 5.91 Å². The molecule has 1 fully saturated rings. The number of carboxylic acids is 1. The monoisotopic (exact) mass is 469 g/mol. The smallest absolute Gasteiger partial charge is 0.303 e. The maximum absolute atomic E-state index is 13.0. The summed E-state index contributed by atoms with van der Waals surface area (Å²) in [6.07, 6.45) is 2.13. The second kappa shape index (κ2) is 7.41. The van der Waals surface area contributed by atoms with E-state index in [9.17, 15) is 9.59 Å². The number of aliphatic carboxylic acids is 1. The molecule has 1 aliphatic heterocycles. The minimum atomic E-state index is -0.895. The number of hydrogen-bond donors (Lipinski definition) is 1. The normalized spacial score (nSPS) is 16.0. The lowest BCUT2D eigenvalue weighted by molar-refractivity contribution is -0.137. The Kier molecular flexibility index (Phi) is 4.78. The van der Waals surface area contributed by atoms with Gasteiger partial charge in [-0.2, -0.15) is 28.8 Å². The van der Waals surface area contributed by atoms with E-state index in [0.717, 1.165) is 39.6 Å². The first kappa shape index (κ1) is 20.6. The third kappa shape index (κ3) is 3.17. The number of thioether (sulfide) groups is 1. The lowest BCUT2D eigenvalue weighted by Gasteiger charge is -2.13. The van der Waals surface area contributed by atoms with Gasteiger partial charge in [-0.25, -0.2) is 0 Å². The summed E-state index contributed by atoms with van der Waals surface area (Å²) in [7, 11) is 0. The first-order valence-corrected chi connectivity index (χ1v) is 11.2. The van der Waals surface area contributed by atoms with Crippen LogP contribution in [0.2, 0.25) is 0 Å². The number of rotatable bonds is 5. The van der Waals surface area contributed by atoms with Gasteiger partial charge in [0.05, 0.1) is 22.0 Å². The van der Waals surface area contributed by atoms with Crippen molar-refractivity contribution < 1.29 is 14.7 Å². The molecule has 4 aromatic heterocycles. The molecule has 0 bridgehead atoms. The van der Waals surface area contributed by atoms with Crippen molar-refractivity contribution in [2.45, 2.75) is 33.6 Å². The van der Waals surface area contributed by atoms with Gasteiger partial charge < -0.3 is 5.11 Å². The largest absolute Gasteiger partial charge is 0.481 e. The summed E-state index contributed by atoms with van der Waals surface area (Å²) in [5, 5.41) is 22.8. The molecule has 0 aliphatic carbocycles. The number of carbonyl (C=O) groups excluding carboxylic acids is 1. The van der Waals surface area contributed by atoms with Gasteiger partial charge in [-0.1, -0.05) is 24.0 Å². The third-order valence-corrected chi connectivity index (χ3v) is 6.64. The first-order chi connectivity index (χ1) is 15.2. The molecule has 5 rings (SSSR count). The van der Waals surface area contributed by atoms with Gasteiger partial charge in [0.15, 0.2) is 16.9 Å². The lowest BCUT2D eigenvalue weighted by atomic mass is 10.2. The molecule has 0 saturated carbocycles. The van der Waals surface area contributed by atoms with Crippen molar-refractivity contribution in [1.82, 2.24) is 33.7 Å². The molecule has 0 unspecified atom stereocenters. The zero-order valence-electron chi connectivity index (χ0n) is 17.6. The van der Waals surface area contributed by atoms with Gasteiger partial charge >= 0.3 is 5.97 Å².